The van der Waals surface area contributed by atoms with Crippen LogP contribution in [0, 0.1) is 0 Å². The van der Waals surface area contributed by atoms with Gasteiger partial charge in [0.25, 0.3) is 0 Å². The van der Waals surface area contributed by atoms with Crippen molar-refractivity contribution in [1.29, 1.82) is 0 Å². The van der Waals surface area contributed by atoms with E-state index in [4.69, 9.17) is 10.2 Å². The molecule has 0 aromatic rings. The van der Waals surface area contributed by atoms with Crippen LogP contribution in [0.5, 0.6) is 0 Å². The molecule has 0 saturated heterocycles. The predicted molar refractivity (Wildman–Crippen MR) is 63.9 cm³/mol. The molecule has 14 heavy (non-hydrogen) atoms. The quantitative estimate of drug-likeness (QED) is 0.719. The van der Waals surface area contributed by atoms with Crippen LogP contribution in [0.1, 0.15) is 40.5 Å². The average Bonchev–Trinajstić information content (AvgIpc) is 1.78. The molecule has 0 atom stereocenters. The summed E-state index contributed by atoms with van der Waals surface area (Å²) in [7, 11) is -1.60. The standard InChI is InChI=1S/C11H25NOSi/c1-10(2,3)14(5,6)13-11(4)7-9(12)8-11/h9H,7-8,12H2,1-6H3/t9-,11+. The summed E-state index contributed by atoms with van der Waals surface area (Å²) >= 11 is 0. The van der Waals surface area contributed by atoms with Gasteiger partial charge in [-0.1, -0.05) is 20.8 Å². The second kappa shape index (κ2) is 3.32. The lowest BCUT2D eigenvalue weighted by molar-refractivity contribution is -0.0162. The highest BCUT2D eigenvalue weighted by atomic mass is 28.4. The zero-order chi connectivity index (χ0) is 11.2. The summed E-state index contributed by atoms with van der Waals surface area (Å²) in [4.78, 5) is 0. The fraction of sp³-hybridized carbons (Fsp3) is 1.00. The molecular weight excluding hydrogens is 190 g/mol. The Balaban J connectivity index is 2.60. The van der Waals surface area contributed by atoms with E-state index in [-0.39, 0.29) is 5.60 Å². The van der Waals surface area contributed by atoms with Gasteiger partial charge in [-0.25, -0.2) is 0 Å². The van der Waals surface area contributed by atoms with Crippen LogP contribution in [0.3, 0.4) is 0 Å². The number of hydrogen-bond donors (Lipinski definition) is 1. The van der Waals surface area contributed by atoms with E-state index in [0.717, 1.165) is 12.8 Å². The van der Waals surface area contributed by atoms with Gasteiger partial charge in [-0.2, -0.15) is 0 Å². The minimum absolute atomic E-state index is 0.0718. The van der Waals surface area contributed by atoms with Crippen LogP contribution in [-0.2, 0) is 4.43 Å². The Hall–Kier alpha value is 0.137. The molecule has 0 amide bonds. The van der Waals surface area contributed by atoms with Gasteiger partial charge in [0.05, 0.1) is 5.60 Å². The maximum absolute atomic E-state index is 6.36. The molecule has 0 radical (unpaired) electrons. The Kier molecular flexibility index (Phi) is 2.90. The van der Waals surface area contributed by atoms with Crippen molar-refractivity contribution < 1.29 is 4.43 Å². The summed E-state index contributed by atoms with van der Waals surface area (Å²) in [5, 5.41) is 0.301. The Morgan fingerprint density at radius 3 is 2.00 bits per heavy atom. The van der Waals surface area contributed by atoms with Gasteiger partial charge in [-0.3, -0.25) is 0 Å². The molecule has 84 valence electrons. The summed E-state index contributed by atoms with van der Waals surface area (Å²) < 4.78 is 6.36. The summed E-state index contributed by atoms with van der Waals surface area (Å²) in [6, 6.07) is 0.366. The third-order valence-corrected chi connectivity index (χ3v) is 8.31. The maximum Gasteiger partial charge on any atom is 0.192 e. The van der Waals surface area contributed by atoms with E-state index in [9.17, 15) is 0 Å². The van der Waals surface area contributed by atoms with E-state index in [1.54, 1.807) is 0 Å². The number of rotatable bonds is 2. The molecule has 1 fully saturated rings. The zero-order valence-electron chi connectivity index (χ0n) is 10.5. The van der Waals surface area contributed by atoms with Gasteiger partial charge in [0.1, 0.15) is 0 Å². The van der Waals surface area contributed by atoms with E-state index < -0.39 is 8.32 Å². The SMILES string of the molecule is CC(C)(C)[Si](C)(C)O[C@]1(C)C[C@H](N)C1. The monoisotopic (exact) mass is 215 g/mol. The van der Waals surface area contributed by atoms with Crippen molar-refractivity contribution in [2.24, 2.45) is 5.73 Å². The molecule has 0 aromatic heterocycles. The van der Waals surface area contributed by atoms with E-state index in [0.29, 0.717) is 11.1 Å². The molecule has 0 bridgehead atoms. The molecule has 0 aliphatic heterocycles. The third kappa shape index (κ3) is 2.38. The molecule has 0 spiro atoms. The average molecular weight is 215 g/mol. The summed E-state index contributed by atoms with van der Waals surface area (Å²) in [5.74, 6) is 0. The second-order valence-corrected chi connectivity index (χ2v) is 11.2. The molecule has 0 heterocycles. The molecule has 2 N–H and O–H groups in total. The largest absolute Gasteiger partial charge is 0.412 e. The predicted octanol–water partition coefficient (Wildman–Crippen LogP) is 2.89. The Labute approximate surface area is 89.3 Å². The Morgan fingerprint density at radius 2 is 1.71 bits per heavy atom. The van der Waals surface area contributed by atoms with Crippen molar-refractivity contribution in [2.75, 3.05) is 0 Å². The van der Waals surface area contributed by atoms with Crippen LogP contribution in [0.25, 0.3) is 0 Å². The van der Waals surface area contributed by atoms with Gasteiger partial charge in [-0.05, 0) is 37.9 Å². The van der Waals surface area contributed by atoms with Crippen molar-refractivity contribution in [3.05, 3.63) is 0 Å². The highest BCUT2D eigenvalue weighted by Gasteiger charge is 2.47. The van der Waals surface area contributed by atoms with Crippen molar-refractivity contribution in [2.45, 2.75) is 70.3 Å². The highest BCUT2D eigenvalue weighted by molar-refractivity contribution is 6.74. The molecule has 0 unspecified atom stereocenters. The van der Waals surface area contributed by atoms with Gasteiger partial charge < -0.3 is 10.2 Å². The van der Waals surface area contributed by atoms with Crippen LogP contribution in [0.15, 0.2) is 0 Å². The van der Waals surface area contributed by atoms with Crippen LogP contribution in [0.2, 0.25) is 18.1 Å². The molecular formula is C11H25NOSi. The van der Waals surface area contributed by atoms with E-state index in [1.807, 2.05) is 0 Å². The lowest BCUT2D eigenvalue weighted by atomic mass is 9.78. The Bertz CT molecular complexity index is 214. The fourth-order valence-electron chi connectivity index (χ4n) is 1.90. The van der Waals surface area contributed by atoms with Crippen LogP contribution in [-0.4, -0.2) is 20.0 Å². The van der Waals surface area contributed by atoms with Gasteiger partial charge >= 0.3 is 0 Å². The second-order valence-electron chi connectivity index (χ2n) is 6.48. The summed E-state index contributed by atoms with van der Waals surface area (Å²) in [6.07, 6.45) is 2.05. The number of nitrogens with two attached hydrogens (primary N) is 1. The first-order valence-corrected chi connectivity index (χ1v) is 8.42. The normalized spacial score (nSPS) is 34.1. The smallest absolute Gasteiger partial charge is 0.192 e. The van der Waals surface area contributed by atoms with E-state index in [2.05, 4.69) is 40.8 Å². The zero-order valence-corrected chi connectivity index (χ0v) is 11.5. The minimum atomic E-state index is -1.60. The summed E-state index contributed by atoms with van der Waals surface area (Å²) in [5.41, 5.74) is 5.89. The van der Waals surface area contributed by atoms with Gasteiger partial charge in [-0.15, -0.1) is 0 Å². The topological polar surface area (TPSA) is 35.2 Å². The number of hydrogen-bond acceptors (Lipinski definition) is 2. The van der Waals surface area contributed by atoms with E-state index >= 15 is 0 Å². The molecule has 1 rings (SSSR count). The molecule has 3 heteroatoms. The van der Waals surface area contributed by atoms with Crippen LogP contribution in [0.4, 0.5) is 0 Å². The minimum Gasteiger partial charge on any atom is -0.412 e. The molecule has 1 saturated carbocycles. The molecule has 0 aromatic carbocycles. The first-order chi connectivity index (χ1) is 6.06. The van der Waals surface area contributed by atoms with Gasteiger partial charge in [0, 0.05) is 6.04 Å². The van der Waals surface area contributed by atoms with E-state index in [1.165, 1.54) is 0 Å². The van der Waals surface area contributed by atoms with Crippen LogP contribution >= 0.6 is 0 Å². The first-order valence-electron chi connectivity index (χ1n) is 5.52. The van der Waals surface area contributed by atoms with Crippen molar-refractivity contribution in [3.8, 4) is 0 Å². The van der Waals surface area contributed by atoms with Crippen molar-refractivity contribution >= 4 is 8.32 Å². The third-order valence-electron chi connectivity index (χ3n) is 3.70. The lowest BCUT2D eigenvalue weighted by Gasteiger charge is -2.51. The maximum atomic E-state index is 6.36. The van der Waals surface area contributed by atoms with Gasteiger partial charge in [0.15, 0.2) is 8.32 Å². The summed E-state index contributed by atoms with van der Waals surface area (Å²) in [6.45, 7) is 13.7. The van der Waals surface area contributed by atoms with Crippen LogP contribution < -0.4 is 5.73 Å². The Morgan fingerprint density at radius 1 is 1.29 bits per heavy atom. The van der Waals surface area contributed by atoms with Gasteiger partial charge in [0.2, 0.25) is 0 Å². The highest BCUT2D eigenvalue weighted by Crippen LogP contribution is 2.44. The fourth-order valence-corrected chi connectivity index (χ4v) is 3.61. The molecule has 1 aliphatic rings. The lowest BCUT2D eigenvalue weighted by Crippen LogP contribution is -2.57. The molecule has 2 nitrogen and oxygen atoms in total. The van der Waals surface area contributed by atoms with Crippen molar-refractivity contribution in [3.63, 3.8) is 0 Å². The first kappa shape index (κ1) is 12.2. The van der Waals surface area contributed by atoms with Crippen molar-refractivity contribution in [1.82, 2.24) is 0 Å². The molecule has 1 aliphatic carbocycles.